The van der Waals surface area contributed by atoms with Gasteiger partial charge in [0.15, 0.2) is 5.65 Å². The molecule has 140 valence electrons. The van der Waals surface area contributed by atoms with Crippen molar-refractivity contribution in [3.8, 4) is 34.0 Å². The second kappa shape index (κ2) is 6.97. The van der Waals surface area contributed by atoms with E-state index in [1.54, 1.807) is 31.4 Å². The molecule has 0 amide bonds. The zero-order chi connectivity index (χ0) is 19.8. The van der Waals surface area contributed by atoms with Crippen LogP contribution in [0.25, 0.3) is 33.5 Å². The number of carboxylic acids is 1. The van der Waals surface area contributed by atoms with Crippen LogP contribution in [-0.4, -0.2) is 38.5 Å². The van der Waals surface area contributed by atoms with Gasteiger partial charge >= 0.3 is 5.97 Å². The highest BCUT2D eigenvalue weighted by atomic mass is 79.9. The number of aromatic amines is 1. The van der Waals surface area contributed by atoms with Crippen LogP contribution >= 0.6 is 15.9 Å². The molecule has 0 spiro atoms. The minimum atomic E-state index is -1.11. The predicted molar refractivity (Wildman–Crippen MR) is 108 cm³/mol. The van der Waals surface area contributed by atoms with Crippen LogP contribution in [0.2, 0.25) is 0 Å². The molecule has 0 fully saturated rings. The quantitative estimate of drug-likeness (QED) is 0.432. The zero-order valence-corrected chi connectivity index (χ0v) is 16.2. The van der Waals surface area contributed by atoms with Crippen LogP contribution in [0.3, 0.4) is 0 Å². The Morgan fingerprint density at radius 2 is 1.89 bits per heavy atom. The number of hydrogen-bond donors (Lipinski definition) is 3. The van der Waals surface area contributed by atoms with Gasteiger partial charge in [0.2, 0.25) is 0 Å². The van der Waals surface area contributed by atoms with Gasteiger partial charge in [-0.2, -0.15) is 5.10 Å². The number of halogens is 1. The van der Waals surface area contributed by atoms with E-state index < -0.39 is 5.97 Å². The van der Waals surface area contributed by atoms with E-state index in [9.17, 15) is 15.0 Å². The van der Waals surface area contributed by atoms with Crippen molar-refractivity contribution >= 4 is 32.9 Å². The smallest absolute Gasteiger partial charge is 0.336 e. The molecule has 0 aliphatic rings. The van der Waals surface area contributed by atoms with Gasteiger partial charge in [0.05, 0.1) is 29.4 Å². The number of nitrogens with zero attached hydrogens (tertiary/aromatic N) is 2. The van der Waals surface area contributed by atoms with Crippen LogP contribution < -0.4 is 4.74 Å². The fraction of sp³-hybridized carbons (Fsp3) is 0.0500. The third-order valence-corrected chi connectivity index (χ3v) is 4.86. The van der Waals surface area contributed by atoms with Crippen LogP contribution in [0.4, 0.5) is 0 Å². The number of phenolic OH excluding ortho intramolecular Hbond substituents is 1. The first kappa shape index (κ1) is 18.0. The molecule has 4 aromatic rings. The number of rotatable bonds is 4. The number of hydrogen-bond acceptors (Lipinski definition) is 5. The largest absolute Gasteiger partial charge is 0.507 e. The van der Waals surface area contributed by atoms with E-state index in [2.05, 4.69) is 31.1 Å². The second-order valence-electron chi connectivity index (χ2n) is 6.05. The molecule has 0 saturated heterocycles. The summed E-state index contributed by atoms with van der Waals surface area (Å²) in [6.07, 6.45) is 0. The lowest BCUT2D eigenvalue weighted by Crippen LogP contribution is -2.00. The monoisotopic (exact) mass is 439 g/mol. The summed E-state index contributed by atoms with van der Waals surface area (Å²) in [6.45, 7) is 0. The van der Waals surface area contributed by atoms with Crippen LogP contribution in [0, 0.1) is 0 Å². The Morgan fingerprint density at radius 1 is 1.14 bits per heavy atom. The molecule has 0 saturated carbocycles. The van der Waals surface area contributed by atoms with E-state index in [0.717, 1.165) is 10.0 Å². The molecule has 4 rings (SSSR count). The van der Waals surface area contributed by atoms with Crippen LogP contribution in [0.1, 0.15) is 10.4 Å². The van der Waals surface area contributed by atoms with Crippen LogP contribution in [0.15, 0.2) is 53.0 Å². The molecule has 2 aromatic carbocycles. The first-order valence-electron chi connectivity index (χ1n) is 8.23. The van der Waals surface area contributed by atoms with Gasteiger partial charge < -0.3 is 14.9 Å². The number of aromatic hydroxyl groups is 1. The highest BCUT2D eigenvalue weighted by Crippen LogP contribution is 2.35. The van der Waals surface area contributed by atoms with Crippen LogP contribution in [0.5, 0.6) is 11.5 Å². The maximum atomic E-state index is 12.0. The maximum Gasteiger partial charge on any atom is 0.336 e. The summed E-state index contributed by atoms with van der Waals surface area (Å²) in [4.78, 5) is 16.4. The molecular weight excluding hydrogens is 426 g/mol. The molecule has 0 bridgehead atoms. The molecule has 28 heavy (non-hydrogen) atoms. The molecule has 0 atom stereocenters. The summed E-state index contributed by atoms with van der Waals surface area (Å²) in [5.74, 6) is -0.423. The van der Waals surface area contributed by atoms with Gasteiger partial charge in [-0.05, 0) is 48.5 Å². The molecular formula is C20H14BrN3O4. The van der Waals surface area contributed by atoms with Crippen molar-refractivity contribution in [1.82, 2.24) is 15.2 Å². The number of ether oxygens (including phenoxy) is 1. The van der Waals surface area contributed by atoms with E-state index in [0.29, 0.717) is 28.1 Å². The number of phenols is 1. The van der Waals surface area contributed by atoms with Crippen molar-refractivity contribution in [2.24, 2.45) is 0 Å². The lowest BCUT2D eigenvalue weighted by Gasteiger charge is -2.08. The number of nitrogens with one attached hydrogen (secondary N) is 1. The minimum Gasteiger partial charge on any atom is -0.507 e. The molecule has 0 aliphatic heterocycles. The van der Waals surface area contributed by atoms with Gasteiger partial charge in [-0.1, -0.05) is 15.9 Å². The summed E-state index contributed by atoms with van der Waals surface area (Å²) in [7, 11) is 1.58. The van der Waals surface area contributed by atoms with E-state index in [1.807, 2.05) is 12.1 Å². The lowest BCUT2D eigenvalue weighted by atomic mass is 10.0. The van der Waals surface area contributed by atoms with Crippen molar-refractivity contribution < 1.29 is 19.7 Å². The van der Waals surface area contributed by atoms with Gasteiger partial charge in [0.1, 0.15) is 11.5 Å². The first-order chi connectivity index (χ1) is 13.5. The average Bonchev–Trinajstić information content (AvgIpc) is 3.13. The summed E-state index contributed by atoms with van der Waals surface area (Å²) < 4.78 is 5.90. The van der Waals surface area contributed by atoms with E-state index in [-0.39, 0.29) is 17.0 Å². The van der Waals surface area contributed by atoms with Crippen molar-refractivity contribution in [2.75, 3.05) is 7.11 Å². The molecule has 7 nitrogen and oxygen atoms in total. The Hall–Kier alpha value is -3.39. The lowest BCUT2D eigenvalue weighted by molar-refractivity contribution is 0.0699. The number of benzene rings is 2. The first-order valence-corrected chi connectivity index (χ1v) is 9.03. The zero-order valence-electron chi connectivity index (χ0n) is 14.6. The van der Waals surface area contributed by atoms with Crippen molar-refractivity contribution in [2.45, 2.75) is 0 Å². The molecule has 0 unspecified atom stereocenters. The van der Waals surface area contributed by atoms with Gasteiger partial charge in [-0.15, -0.1) is 0 Å². The predicted octanol–water partition coefficient (Wildman–Crippen LogP) is 4.47. The molecule has 2 heterocycles. The minimum absolute atomic E-state index is 0.00250. The van der Waals surface area contributed by atoms with Gasteiger partial charge in [-0.25, -0.2) is 9.78 Å². The number of carboxylic acid groups (broad SMARTS) is 1. The topological polar surface area (TPSA) is 108 Å². The third kappa shape index (κ3) is 3.07. The van der Waals surface area contributed by atoms with Crippen LogP contribution in [-0.2, 0) is 0 Å². The second-order valence-corrected chi connectivity index (χ2v) is 6.96. The Bertz CT molecular complexity index is 1200. The van der Waals surface area contributed by atoms with Gasteiger partial charge in [0, 0.05) is 15.6 Å². The summed E-state index contributed by atoms with van der Waals surface area (Å²) >= 11 is 3.35. The highest BCUT2D eigenvalue weighted by molar-refractivity contribution is 9.10. The van der Waals surface area contributed by atoms with E-state index in [1.165, 1.54) is 12.1 Å². The third-order valence-electron chi connectivity index (χ3n) is 4.37. The Kier molecular flexibility index (Phi) is 4.48. The highest BCUT2D eigenvalue weighted by Gasteiger charge is 2.20. The fourth-order valence-electron chi connectivity index (χ4n) is 3.01. The Morgan fingerprint density at radius 3 is 2.57 bits per heavy atom. The maximum absolute atomic E-state index is 12.0. The Labute approximate surface area is 167 Å². The Balaban J connectivity index is 1.94. The molecule has 8 heteroatoms. The van der Waals surface area contributed by atoms with Crippen molar-refractivity contribution in [3.05, 3.63) is 58.6 Å². The van der Waals surface area contributed by atoms with E-state index in [4.69, 9.17) is 4.74 Å². The number of carbonyl (C=O) groups is 1. The van der Waals surface area contributed by atoms with Crippen molar-refractivity contribution in [1.29, 1.82) is 0 Å². The normalized spacial score (nSPS) is 10.9. The SMILES string of the molecule is COc1ccc(-c2[nH]nc3nc(-c4cc(Br)ccc4O)cc(C(=O)O)c23)cc1. The standard InChI is InChI=1S/C20H14BrN3O4/c1-28-12-5-2-10(3-6-12)18-17-14(20(26)27)9-15(22-19(17)24-23-18)13-8-11(21)4-7-16(13)25/h2-9,25H,1H3,(H,26,27)(H,22,23,24). The summed E-state index contributed by atoms with van der Waals surface area (Å²) in [5, 5.41) is 27.4. The summed E-state index contributed by atoms with van der Waals surface area (Å²) in [6, 6.07) is 13.5. The fourth-order valence-corrected chi connectivity index (χ4v) is 3.37. The number of aromatic carboxylic acids is 1. The van der Waals surface area contributed by atoms with E-state index >= 15 is 0 Å². The average molecular weight is 440 g/mol. The molecule has 3 N–H and O–H groups in total. The number of fused-ring (bicyclic) bond motifs is 1. The molecule has 0 radical (unpaired) electrons. The number of aromatic nitrogens is 3. The number of methoxy groups -OCH3 is 1. The number of H-pyrrole nitrogens is 1. The number of pyridine rings is 1. The molecule has 0 aliphatic carbocycles. The van der Waals surface area contributed by atoms with Gasteiger partial charge in [0.25, 0.3) is 0 Å². The summed E-state index contributed by atoms with van der Waals surface area (Å²) in [5.41, 5.74) is 2.32. The van der Waals surface area contributed by atoms with Crippen molar-refractivity contribution in [3.63, 3.8) is 0 Å². The molecule has 2 aromatic heterocycles. The van der Waals surface area contributed by atoms with Gasteiger partial charge in [-0.3, -0.25) is 5.10 Å².